The highest BCUT2D eigenvalue weighted by atomic mass is 32.2. The zero-order valence-electron chi connectivity index (χ0n) is 17.9. The number of nitrogens with one attached hydrogen (secondary N) is 3. The van der Waals surface area contributed by atoms with Crippen LogP contribution in [0, 0.1) is 5.92 Å². The van der Waals surface area contributed by atoms with Gasteiger partial charge < -0.3 is 9.47 Å². The third-order valence-corrected chi connectivity index (χ3v) is 5.76. The Bertz CT molecular complexity index is 1040. The zero-order valence-corrected chi connectivity index (χ0v) is 18.7. The van der Waals surface area contributed by atoms with E-state index in [1.54, 1.807) is 12.1 Å². The molecule has 0 aliphatic carbocycles. The van der Waals surface area contributed by atoms with Crippen LogP contribution in [0.1, 0.15) is 41.0 Å². The van der Waals surface area contributed by atoms with E-state index < -0.39 is 21.8 Å². The molecule has 2 amide bonds. The summed E-state index contributed by atoms with van der Waals surface area (Å²) in [6, 6.07) is 10.1. The topological polar surface area (TPSA) is 123 Å². The lowest BCUT2D eigenvalue weighted by Crippen LogP contribution is -2.41. The minimum Gasteiger partial charge on any atom is -0.493 e. The second kappa shape index (κ2) is 10.8. The van der Waals surface area contributed by atoms with Crippen LogP contribution in [0.2, 0.25) is 0 Å². The third-order valence-electron chi connectivity index (χ3n) is 4.34. The molecule has 0 aliphatic rings. The highest BCUT2D eigenvalue weighted by Crippen LogP contribution is 2.28. The van der Waals surface area contributed by atoms with Crippen molar-refractivity contribution < 1.29 is 27.5 Å². The Kier molecular flexibility index (Phi) is 8.40. The number of carbonyl (C=O) groups is 2. The molecule has 3 N–H and O–H groups in total. The van der Waals surface area contributed by atoms with Crippen LogP contribution in [-0.2, 0) is 10.0 Å². The first-order valence-corrected chi connectivity index (χ1v) is 11.1. The molecule has 0 aromatic heterocycles. The Labute approximate surface area is 182 Å². The number of hydrazine groups is 1. The quantitative estimate of drug-likeness (QED) is 0.504. The van der Waals surface area contributed by atoms with E-state index in [2.05, 4.69) is 29.4 Å². The smallest absolute Gasteiger partial charge is 0.269 e. The number of carbonyl (C=O) groups excluding carboxylic acids is 2. The van der Waals surface area contributed by atoms with E-state index in [-0.39, 0.29) is 16.0 Å². The van der Waals surface area contributed by atoms with Crippen LogP contribution in [0.5, 0.6) is 11.5 Å². The molecular weight excluding hydrogens is 422 g/mol. The number of methoxy groups -OCH3 is 1. The number of amides is 2. The molecule has 2 aromatic carbocycles. The molecule has 0 aliphatic heterocycles. The van der Waals surface area contributed by atoms with Crippen molar-refractivity contribution in [2.75, 3.05) is 20.8 Å². The highest BCUT2D eigenvalue weighted by molar-refractivity contribution is 7.89. The molecule has 10 heteroatoms. The van der Waals surface area contributed by atoms with Gasteiger partial charge in [0.05, 0.1) is 18.6 Å². The predicted molar refractivity (Wildman–Crippen MR) is 116 cm³/mol. The lowest BCUT2D eigenvalue weighted by molar-refractivity contribution is 0.0846. The Morgan fingerprint density at radius 3 is 2.19 bits per heavy atom. The summed E-state index contributed by atoms with van der Waals surface area (Å²) in [5.41, 5.74) is 4.89. The molecule has 0 fully saturated rings. The van der Waals surface area contributed by atoms with Gasteiger partial charge in [-0.05, 0) is 55.8 Å². The summed E-state index contributed by atoms with van der Waals surface area (Å²) in [5, 5.41) is 0. The Hall–Kier alpha value is -3.11. The van der Waals surface area contributed by atoms with Gasteiger partial charge in [-0.3, -0.25) is 20.4 Å². The van der Waals surface area contributed by atoms with Crippen LogP contribution in [-0.4, -0.2) is 41.0 Å². The maximum absolute atomic E-state index is 12.4. The fourth-order valence-corrected chi connectivity index (χ4v) is 3.29. The van der Waals surface area contributed by atoms with E-state index in [1.165, 1.54) is 44.5 Å². The van der Waals surface area contributed by atoms with Gasteiger partial charge in [-0.2, -0.15) is 0 Å². The fraction of sp³-hybridized carbons (Fsp3) is 0.333. The molecule has 0 atom stereocenters. The summed E-state index contributed by atoms with van der Waals surface area (Å²) >= 11 is 0. The summed E-state index contributed by atoms with van der Waals surface area (Å²) in [5.74, 6) is 0.180. The largest absolute Gasteiger partial charge is 0.493 e. The van der Waals surface area contributed by atoms with Crippen molar-refractivity contribution in [1.82, 2.24) is 15.6 Å². The summed E-state index contributed by atoms with van der Waals surface area (Å²) in [4.78, 5) is 24.7. The van der Waals surface area contributed by atoms with E-state index in [1.807, 2.05) is 0 Å². The minimum atomic E-state index is -3.70. The van der Waals surface area contributed by atoms with Gasteiger partial charge in [-0.25, -0.2) is 13.1 Å². The first kappa shape index (κ1) is 24.2. The predicted octanol–water partition coefficient (Wildman–Crippen LogP) is 2.10. The monoisotopic (exact) mass is 449 g/mol. The number of sulfonamides is 1. The lowest BCUT2D eigenvalue weighted by Gasteiger charge is -2.13. The molecule has 0 radical (unpaired) electrons. The van der Waals surface area contributed by atoms with Gasteiger partial charge in [-0.1, -0.05) is 19.9 Å². The summed E-state index contributed by atoms with van der Waals surface area (Å²) in [6.45, 7) is 4.72. The van der Waals surface area contributed by atoms with Crippen molar-refractivity contribution in [1.29, 1.82) is 0 Å². The van der Waals surface area contributed by atoms with Crippen LogP contribution in [0.25, 0.3) is 0 Å². The van der Waals surface area contributed by atoms with Crippen molar-refractivity contribution in [3.8, 4) is 11.5 Å². The molecule has 0 heterocycles. The van der Waals surface area contributed by atoms with Gasteiger partial charge in [0.1, 0.15) is 0 Å². The van der Waals surface area contributed by atoms with Crippen LogP contribution >= 0.6 is 0 Å². The molecule has 0 unspecified atom stereocenters. The second-order valence-electron chi connectivity index (χ2n) is 7.04. The Morgan fingerprint density at radius 2 is 1.61 bits per heavy atom. The van der Waals surface area contributed by atoms with Gasteiger partial charge in [0.15, 0.2) is 11.5 Å². The van der Waals surface area contributed by atoms with Crippen molar-refractivity contribution in [3.05, 3.63) is 53.6 Å². The molecule has 168 valence electrons. The summed E-state index contributed by atoms with van der Waals surface area (Å²) < 4.78 is 36.9. The van der Waals surface area contributed by atoms with Gasteiger partial charge in [0.2, 0.25) is 10.0 Å². The fourth-order valence-electron chi connectivity index (χ4n) is 2.51. The highest BCUT2D eigenvalue weighted by Gasteiger charge is 2.16. The average Bonchev–Trinajstić information content (AvgIpc) is 2.77. The molecule has 0 bridgehead atoms. The Morgan fingerprint density at radius 1 is 0.968 bits per heavy atom. The van der Waals surface area contributed by atoms with E-state index in [4.69, 9.17) is 9.47 Å². The summed E-state index contributed by atoms with van der Waals surface area (Å²) in [6.07, 6.45) is 0.883. The zero-order chi connectivity index (χ0) is 23.0. The number of ether oxygens (including phenoxy) is 2. The maximum Gasteiger partial charge on any atom is 0.269 e. The maximum atomic E-state index is 12.4. The van der Waals surface area contributed by atoms with E-state index in [0.717, 1.165) is 6.42 Å². The first-order valence-electron chi connectivity index (χ1n) is 9.63. The molecule has 0 saturated heterocycles. The number of benzene rings is 2. The van der Waals surface area contributed by atoms with Crippen molar-refractivity contribution >= 4 is 21.8 Å². The van der Waals surface area contributed by atoms with Crippen molar-refractivity contribution in [3.63, 3.8) is 0 Å². The number of hydrogen-bond donors (Lipinski definition) is 3. The molecule has 2 aromatic rings. The van der Waals surface area contributed by atoms with Crippen LogP contribution in [0.15, 0.2) is 47.4 Å². The molecule has 9 nitrogen and oxygen atoms in total. The summed E-state index contributed by atoms with van der Waals surface area (Å²) in [7, 11) is -0.948. The minimum absolute atomic E-state index is 0.0632. The average molecular weight is 450 g/mol. The normalized spacial score (nSPS) is 11.1. The van der Waals surface area contributed by atoms with Gasteiger partial charge >= 0.3 is 0 Å². The van der Waals surface area contributed by atoms with Crippen molar-refractivity contribution in [2.45, 2.75) is 25.2 Å². The SMILES string of the molecule is CNS(=O)(=O)c1cccc(C(=O)NNC(=O)c2ccc(OCCC(C)C)c(OC)c2)c1. The van der Waals surface area contributed by atoms with Crippen LogP contribution < -0.4 is 25.0 Å². The lowest BCUT2D eigenvalue weighted by atomic mass is 10.1. The molecule has 0 saturated carbocycles. The molecule has 31 heavy (non-hydrogen) atoms. The van der Waals surface area contributed by atoms with Crippen LogP contribution in [0.3, 0.4) is 0 Å². The van der Waals surface area contributed by atoms with Crippen LogP contribution in [0.4, 0.5) is 0 Å². The third kappa shape index (κ3) is 6.69. The molecule has 2 rings (SSSR count). The van der Waals surface area contributed by atoms with Crippen molar-refractivity contribution in [2.24, 2.45) is 5.92 Å². The second-order valence-corrected chi connectivity index (χ2v) is 8.93. The number of hydrogen-bond acceptors (Lipinski definition) is 6. The van der Waals surface area contributed by atoms with Gasteiger partial charge in [0.25, 0.3) is 11.8 Å². The standard InChI is InChI=1S/C21H27N3O6S/c1-14(2)10-11-30-18-9-8-16(13-19(18)29-4)21(26)24-23-20(25)15-6-5-7-17(12-15)31(27,28)22-3/h5-9,12-14,22H,10-11H2,1-4H3,(H,23,25)(H,24,26). The van der Waals surface area contributed by atoms with Gasteiger partial charge in [0, 0.05) is 11.1 Å². The first-order chi connectivity index (χ1) is 14.7. The Balaban J connectivity index is 2.04. The molecule has 0 spiro atoms. The molecular formula is C21H27N3O6S. The van der Waals surface area contributed by atoms with E-state index >= 15 is 0 Å². The number of rotatable bonds is 9. The van der Waals surface area contributed by atoms with E-state index in [9.17, 15) is 18.0 Å². The van der Waals surface area contributed by atoms with E-state index in [0.29, 0.717) is 24.0 Å². The van der Waals surface area contributed by atoms with Gasteiger partial charge in [-0.15, -0.1) is 0 Å².